The molecular weight excluding hydrogens is 427 g/mol. The van der Waals surface area contributed by atoms with E-state index in [0.717, 1.165) is 18.2 Å². The molecule has 2 heterocycles. The third-order valence-electron chi connectivity index (χ3n) is 5.06. The molecule has 0 unspecified atom stereocenters. The minimum atomic E-state index is -4.19. The molecule has 8 nitrogen and oxygen atoms in total. The summed E-state index contributed by atoms with van der Waals surface area (Å²) in [6.45, 7) is 1.15. The number of anilines is 2. The zero-order chi connectivity index (χ0) is 22.2. The van der Waals surface area contributed by atoms with Crippen molar-refractivity contribution in [3.63, 3.8) is 0 Å². The third kappa shape index (κ3) is 3.79. The van der Waals surface area contributed by atoms with Crippen LogP contribution in [0.15, 0.2) is 58.5 Å². The number of nitrogens with zero attached hydrogens (tertiary/aromatic N) is 2. The molecule has 2 aliphatic rings. The van der Waals surface area contributed by atoms with Crippen molar-refractivity contribution in [2.45, 2.75) is 4.90 Å². The number of hydrogen-bond acceptors (Lipinski definition) is 7. The summed E-state index contributed by atoms with van der Waals surface area (Å²) in [5, 5.41) is 0. The Bertz CT molecular complexity index is 1190. The maximum Gasteiger partial charge on any atom is 0.337 e. The maximum atomic E-state index is 14.0. The molecule has 0 aliphatic carbocycles. The Morgan fingerprint density at radius 1 is 1.10 bits per heavy atom. The first kappa shape index (κ1) is 21.0. The summed E-state index contributed by atoms with van der Waals surface area (Å²) in [5.41, 5.74) is 0.637. The number of benzene rings is 2. The highest BCUT2D eigenvalue weighted by Crippen LogP contribution is 2.40. The number of fused-ring (bicyclic) bond motifs is 1. The molecule has 1 saturated heterocycles. The second-order valence-electron chi connectivity index (χ2n) is 6.93. The van der Waals surface area contributed by atoms with Gasteiger partial charge in [0.2, 0.25) is 9.84 Å². The van der Waals surface area contributed by atoms with E-state index in [0.29, 0.717) is 18.9 Å². The molecule has 2 aromatic carbocycles. The van der Waals surface area contributed by atoms with Gasteiger partial charge in [-0.25, -0.2) is 17.6 Å². The highest BCUT2D eigenvalue weighted by Gasteiger charge is 2.38. The van der Waals surface area contributed by atoms with Crippen LogP contribution in [0, 0.1) is 5.82 Å². The smallest absolute Gasteiger partial charge is 0.337 e. The van der Waals surface area contributed by atoms with Crippen molar-refractivity contribution in [3.05, 3.63) is 65.0 Å². The summed E-state index contributed by atoms with van der Waals surface area (Å²) in [5.74, 6) is -1.88. The van der Waals surface area contributed by atoms with Crippen LogP contribution in [0.1, 0.15) is 10.4 Å². The van der Waals surface area contributed by atoms with Gasteiger partial charge in [-0.05, 0) is 36.4 Å². The second-order valence-corrected chi connectivity index (χ2v) is 8.81. The predicted octanol–water partition coefficient (Wildman–Crippen LogP) is 2.24. The van der Waals surface area contributed by atoms with Gasteiger partial charge in [-0.1, -0.05) is 6.07 Å². The zero-order valence-corrected chi connectivity index (χ0v) is 17.4. The van der Waals surface area contributed by atoms with E-state index >= 15 is 0 Å². The summed E-state index contributed by atoms with van der Waals surface area (Å²) in [7, 11) is -2.95. The Morgan fingerprint density at radius 3 is 2.55 bits per heavy atom. The Morgan fingerprint density at radius 2 is 1.84 bits per heavy atom. The van der Waals surface area contributed by atoms with E-state index < -0.39 is 32.4 Å². The Kier molecular flexibility index (Phi) is 5.50. The quantitative estimate of drug-likeness (QED) is 0.527. The molecule has 0 aromatic heterocycles. The monoisotopic (exact) mass is 446 g/mol. The van der Waals surface area contributed by atoms with Crippen LogP contribution in [-0.2, 0) is 24.1 Å². The third-order valence-corrected chi connectivity index (χ3v) is 6.84. The topological polar surface area (TPSA) is 93.2 Å². The normalized spacial score (nSPS) is 17.5. The number of sulfone groups is 1. The van der Waals surface area contributed by atoms with Crippen molar-refractivity contribution in [3.8, 4) is 0 Å². The molecule has 4 rings (SSSR count). The van der Waals surface area contributed by atoms with E-state index in [4.69, 9.17) is 9.47 Å². The molecule has 1 fully saturated rings. The van der Waals surface area contributed by atoms with Gasteiger partial charge in [0.15, 0.2) is 4.91 Å². The van der Waals surface area contributed by atoms with Gasteiger partial charge in [0.05, 0.1) is 36.5 Å². The minimum absolute atomic E-state index is 0.0422. The molecule has 0 spiro atoms. The molecule has 162 valence electrons. The van der Waals surface area contributed by atoms with Crippen molar-refractivity contribution in [2.75, 3.05) is 38.3 Å². The van der Waals surface area contributed by atoms with Gasteiger partial charge in [0.25, 0.3) is 5.91 Å². The lowest BCUT2D eigenvalue weighted by Crippen LogP contribution is -2.43. The number of rotatable bonds is 3. The maximum absolute atomic E-state index is 14.0. The Labute approximate surface area is 178 Å². The van der Waals surface area contributed by atoms with Gasteiger partial charge >= 0.3 is 5.97 Å². The molecule has 0 saturated carbocycles. The first-order valence-corrected chi connectivity index (χ1v) is 10.9. The van der Waals surface area contributed by atoms with E-state index in [1.165, 1.54) is 35.2 Å². The average molecular weight is 446 g/mol. The van der Waals surface area contributed by atoms with Crippen LogP contribution in [0.4, 0.5) is 15.8 Å². The average Bonchev–Trinajstić information content (AvgIpc) is 2.78. The van der Waals surface area contributed by atoms with Gasteiger partial charge in [-0.3, -0.25) is 4.79 Å². The summed E-state index contributed by atoms with van der Waals surface area (Å²) in [4.78, 5) is 27.2. The van der Waals surface area contributed by atoms with Crippen molar-refractivity contribution < 1.29 is 31.9 Å². The number of halogens is 1. The van der Waals surface area contributed by atoms with Crippen LogP contribution in [0.2, 0.25) is 0 Å². The largest absolute Gasteiger partial charge is 0.465 e. The molecule has 0 radical (unpaired) electrons. The molecule has 0 bridgehead atoms. The second kappa shape index (κ2) is 8.12. The number of carbonyl (C=O) groups is 2. The van der Waals surface area contributed by atoms with Gasteiger partial charge in [0, 0.05) is 25.0 Å². The summed E-state index contributed by atoms with van der Waals surface area (Å²) >= 11 is 0. The Hall–Kier alpha value is -3.24. The number of esters is 1. The highest BCUT2D eigenvalue weighted by molar-refractivity contribution is 7.96. The zero-order valence-electron chi connectivity index (χ0n) is 16.6. The van der Waals surface area contributed by atoms with Crippen molar-refractivity contribution in [1.82, 2.24) is 4.90 Å². The summed E-state index contributed by atoms with van der Waals surface area (Å²) in [6, 6.07) is 9.45. The molecule has 2 aromatic rings. The number of ether oxygens (including phenoxy) is 2. The van der Waals surface area contributed by atoms with Gasteiger partial charge < -0.3 is 19.3 Å². The molecule has 1 amide bonds. The number of hydrogen-bond donors (Lipinski definition) is 0. The van der Waals surface area contributed by atoms with Crippen LogP contribution in [0.3, 0.4) is 0 Å². The van der Waals surface area contributed by atoms with Crippen molar-refractivity contribution in [1.29, 1.82) is 0 Å². The van der Waals surface area contributed by atoms with Crippen LogP contribution in [0.25, 0.3) is 0 Å². The summed E-state index contributed by atoms with van der Waals surface area (Å²) < 4.78 is 50.5. The van der Waals surface area contributed by atoms with Crippen LogP contribution < -0.4 is 4.90 Å². The molecular formula is C21H19FN2O6S. The van der Waals surface area contributed by atoms with E-state index in [9.17, 15) is 22.4 Å². The number of methoxy groups -OCH3 is 1. The van der Waals surface area contributed by atoms with Crippen LogP contribution >= 0.6 is 0 Å². The lowest BCUT2D eigenvalue weighted by atomic mass is 10.1. The fourth-order valence-corrected chi connectivity index (χ4v) is 5.01. The highest BCUT2D eigenvalue weighted by atomic mass is 32.2. The van der Waals surface area contributed by atoms with E-state index in [1.807, 2.05) is 0 Å². The first-order chi connectivity index (χ1) is 14.8. The van der Waals surface area contributed by atoms with Gasteiger partial charge in [-0.2, -0.15) is 0 Å². The number of carbonyl (C=O) groups excluding carboxylic acids is 2. The van der Waals surface area contributed by atoms with Crippen LogP contribution in [-0.4, -0.2) is 58.6 Å². The van der Waals surface area contributed by atoms with Gasteiger partial charge in [0.1, 0.15) is 5.82 Å². The molecule has 31 heavy (non-hydrogen) atoms. The van der Waals surface area contributed by atoms with E-state index in [1.54, 1.807) is 12.1 Å². The minimum Gasteiger partial charge on any atom is -0.465 e. The number of morpholine rings is 1. The first-order valence-electron chi connectivity index (χ1n) is 9.44. The molecule has 0 N–H and O–H groups in total. The lowest BCUT2D eigenvalue weighted by molar-refractivity contribution is -0.130. The molecule has 2 aliphatic heterocycles. The number of amides is 1. The van der Waals surface area contributed by atoms with Crippen LogP contribution in [0.5, 0.6) is 0 Å². The van der Waals surface area contributed by atoms with E-state index in [-0.39, 0.29) is 29.2 Å². The summed E-state index contributed by atoms with van der Waals surface area (Å²) in [6.07, 6.45) is 1.17. The standard InChI is InChI=1S/C21H19FN2O6S/c1-29-21(26)14-3-2-4-16(11-14)24-13-19(20(25)23-7-9-30-10-8-23)31(27,28)18-6-5-15(22)12-17(18)24/h2-6,11-13H,7-10H2,1H3. The SMILES string of the molecule is COC(=O)c1cccc(N2C=C(C(=O)N3CCOCC3)S(=O)(=O)c3ccc(F)cc32)c1. The molecule has 0 atom stereocenters. The van der Waals surface area contributed by atoms with E-state index in [2.05, 4.69) is 0 Å². The molecule has 10 heteroatoms. The predicted molar refractivity (Wildman–Crippen MR) is 109 cm³/mol. The Balaban J connectivity index is 1.87. The fraction of sp³-hybridized carbons (Fsp3) is 0.238. The lowest BCUT2D eigenvalue weighted by Gasteiger charge is -2.32. The van der Waals surface area contributed by atoms with Crippen molar-refractivity contribution in [2.24, 2.45) is 0 Å². The van der Waals surface area contributed by atoms with Gasteiger partial charge in [-0.15, -0.1) is 0 Å². The fourth-order valence-electron chi connectivity index (χ4n) is 3.49. The van der Waals surface area contributed by atoms with Crippen molar-refractivity contribution >= 4 is 33.1 Å².